The van der Waals surface area contributed by atoms with E-state index in [0.717, 1.165) is 31.3 Å². The Labute approximate surface area is 229 Å². The van der Waals surface area contributed by atoms with E-state index < -0.39 is 0 Å². The number of ether oxygens (including phenoxy) is 1. The Kier molecular flexibility index (Phi) is 5.97. The van der Waals surface area contributed by atoms with E-state index in [9.17, 15) is 8.78 Å². The molecular weight excluding hydrogens is 522 g/mol. The first-order chi connectivity index (χ1) is 18.9. The van der Waals surface area contributed by atoms with E-state index in [-0.39, 0.29) is 29.7 Å². The number of anilines is 1. The lowest BCUT2D eigenvalue weighted by atomic mass is 9.95. The fraction of sp³-hybridized carbons (Fsp3) is 0.414. The molecule has 2 saturated heterocycles. The molecule has 2 aromatic heterocycles. The number of H-pyrrole nitrogens is 1. The van der Waals surface area contributed by atoms with Crippen LogP contribution in [0.25, 0.3) is 32.9 Å². The van der Waals surface area contributed by atoms with Crippen molar-refractivity contribution in [2.24, 2.45) is 0 Å². The summed E-state index contributed by atoms with van der Waals surface area (Å²) >= 11 is 6.87. The average molecular weight is 551 g/mol. The number of aromatic nitrogens is 4. The van der Waals surface area contributed by atoms with Gasteiger partial charge in [0.1, 0.15) is 24.1 Å². The molecule has 0 spiro atoms. The summed E-state index contributed by atoms with van der Waals surface area (Å²) in [6.45, 7) is 5.20. The number of hydrogen-bond donors (Lipinski definition) is 1. The molecule has 2 aromatic carbocycles. The molecule has 3 aliphatic rings. The van der Waals surface area contributed by atoms with E-state index in [1.54, 1.807) is 25.3 Å². The van der Waals surface area contributed by atoms with Gasteiger partial charge >= 0.3 is 6.01 Å². The summed E-state index contributed by atoms with van der Waals surface area (Å²) in [5, 5.41) is 8.86. The monoisotopic (exact) mass is 550 g/mol. The van der Waals surface area contributed by atoms with Crippen molar-refractivity contribution >= 4 is 39.2 Å². The zero-order chi connectivity index (χ0) is 26.7. The molecule has 0 amide bonds. The van der Waals surface area contributed by atoms with Gasteiger partial charge in [0.2, 0.25) is 0 Å². The molecule has 0 radical (unpaired) electrons. The predicted molar refractivity (Wildman–Crippen MR) is 149 cm³/mol. The van der Waals surface area contributed by atoms with Crippen LogP contribution in [-0.4, -0.2) is 63.4 Å². The number of rotatable bonds is 5. The fourth-order valence-electron chi connectivity index (χ4n) is 6.66. The maximum atomic E-state index is 14.9. The lowest BCUT2D eigenvalue weighted by Crippen LogP contribution is -2.43. The van der Waals surface area contributed by atoms with E-state index in [2.05, 4.69) is 15.1 Å². The van der Waals surface area contributed by atoms with Crippen molar-refractivity contribution in [2.45, 2.75) is 44.6 Å². The maximum absolute atomic E-state index is 14.9. The molecule has 7 nitrogen and oxygen atoms in total. The smallest absolute Gasteiger partial charge is 0.319 e. The standard InChI is InChI=1S/C29H29ClF2N6O/c1-17-23(32)13-25-21(14-33-36-25)26(17)19-12-24-20(11-22(19)30)27(37-8-2-5-18(31)15-37)35-28(34-24)39-16-29-6-3-9-38(29)10-4-7-29/h5,11-14H,2-4,6-10,15-16H2,1H3,(H,33,36). The first kappa shape index (κ1) is 24.7. The molecule has 0 saturated carbocycles. The van der Waals surface area contributed by atoms with Crippen molar-refractivity contribution in [3.63, 3.8) is 0 Å². The minimum atomic E-state index is -0.349. The molecule has 10 heteroatoms. The van der Waals surface area contributed by atoms with Crippen LogP contribution in [0.15, 0.2) is 36.3 Å². The van der Waals surface area contributed by atoms with Gasteiger partial charge in [-0.1, -0.05) is 11.6 Å². The molecule has 2 fully saturated rings. The second kappa shape index (κ2) is 9.41. The Balaban J connectivity index is 1.36. The fourth-order valence-corrected chi connectivity index (χ4v) is 6.92. The van der Waals surface area contributed by atoms with Crippen LogP contribution in [0.2, 0.25) is 5.02 Å². The van der Waals surface area contributed by atoms with E-state index in [0.29, 0.717) is 63.5 Å². The predicted octanol–water partition coefficient (Wildman–Crippen LogP) is 6.34. The highest BCUT2D eigenvalue weighted by Gasteiger charge is 2.45. The molecule has 0 aliphatic carbocycles. The topological polar surface area (TPSA) is 70.2 Å². The van der Waals surface area contributed by atoms with E-state index in [4.69, 9.17) is 26.3 Å². The van der Waals surface area contributed by atoms with E-state index >= 15 is 0 Å². The van der Waals surface area contributed by atoms with Crippen LogP contribution in [0, 0.1) is 12.7 Å². The Hall–Kier alpha value is -3.30. The molecule has 39 heavy (non-hydrogen) atoms. The number of fused-ring (bicyclic) bond motifs is 3. The van der Waals surface area contributed by atoms with E-state index in [1.807, 2.05) is 11.0 Å². The second-order valence-corrected chi connectivity index (χ2v) is 11.3. The first-order valence-corrected chi connectivity index (χ1v) is 13.9. The third kappa shape index (κ3) is 4.14. The van der Waals surface area contributed by atoms with Crippen LogP contribution in [0.3, 0.4) is 0 Å². The highest BCUT2D eigenvalue weighted by molar-refractivity contribution is 6.35. The summed E-state index contributed by atoms with van der Waals surface area (Å²) < 4.78 is 35.6. The summed E-state index contributed by atoms with van der Waals surface area (Å²) in [7, 11) is 0. The molecular formula is C29H29ClF2N6O. The Morgan fingerprint density at radius 1 is 1.08 bits per heavy atom. The van der Waals surface area contributed by atoms with Gasteiger partial charge in [-0.3, -0.25) is 10.00 Å². The summed E-state index contributed by atoms with van der Waals surface area (Å²) in [6, 6.07) is 5.36. The third-order valence-electron chi connectivity index (χ3n) is 8.64. The lowest BCUT2D eigenvalue weighted by molar-refractivity contribution is 0.108. The van der Waals surface area contributed by atoms with Gasteiger partial charge in [-0.2, -0.15) is 15.1 Å². The van der Waals surface area contributed by atoms with Gasteiger partial charge in [-0.15, -0.1) is 0 Å². The number of benzene rings is 2. The quantitative estimate of drug-likeness (QED) is 0.312. The summed E-state index contributed by atoms with van der Waals surface area (Å²) in [5.41, 5.74) is 3.01. The normalized spacial score (nSPS) is 19.2. The lowest BCUT2D eigenvalue weighted by Gasteiger charge is -2.31. The number of nitrogens with zero attached hydrogens (tertiary/aromatic N) is 5. The number of aromatic amines is 1. The van der Waals surface area contributed by atoms with E-state index in [1.165, 1.54) is 18.9 Å². The first-order valence-electron chi connectivity index (χ1n) is 13.5. The van der Waals surface area contributed by atoms with Crippen LogP contribution >= 0.6 is 11.6 Å². The molecule has 3 aliphatic heterocycles. The van der Waals surface area contributed by atoms with Gasteiger partial charge in [-0.25, -0.2) is 8.78 Å². The molecule has 0 unspecified atom stereocenters. The van der Waals surface area contributed by atoms with Gasteiger partial charge < -0.3 is 9.64 Å². The van der Waals surface area contributed by atoms with Crippen LogP contribution in [-0.2, 0) is 0 Å². The van der Waals surface area contributed by atoms with Gasteiger partial charge in [0.25, 0.3) is 0 Å². The third-order valence-corrected chi connectivity index (χ3v) is 8.96. The summed E-state index contributed by atoms with van der Waals surface area (Å²) in [6.07, 6.45) is 8.42. The highest BCUT2D eigenvalue weighted by Crippen LogP contribution is 2.42. The minimum absolute atomic E-state index is 0.0369. The molecule has 4 aromatic rings. The zero-order valence-electron chi connectivity index (χ0n) is 21.7. The SMILES string of the molecule is Cc1c(F)cc2[nH]ncc2c1-c1cc2nc(OCC34CCCN3CCC4)nc(N3CCC=C(F)C3)c2cc1Cl. The summed E-state index contributed by atoms with van der Waals surface area (Å²) in [4.78, 5) is 14.0. The van der Waals surface area contributed by atoms with Gasteiger partial charge in [0.05, 0.1) is 29.3 Å². The minimum Gasteiger partial charge on any atom is -0.461 e. The molecule has 202 valence electrons. The number of hydrogen-bond acceptors (Lipinski definition) is 6. The number of halogens is 3. The number of nitrogens with one attached hydrogen (secondary N) is 1. The second-order valence-electron chi connectivity index (χ2n) is 10.9. The molecule has 0 atom stereocenters. The molecule has 7 rings (SSSR count). The largest absolute Gasteiger partial charge is 0.461 e. The highest BCUT2D eigenvalue weighted by atomic mass is 35.5. The zero-order valence-corrected chi connectivity index (χ0v) is 22.5. The van der Waals surface area contributed by atoms with Crippen molar-refractivity contribution in [1.82, 2.24) is 25.1 Å². The molecule has 5 heterocycles. The molecule has 0 bridgehead atoms. The van der Waals surface area contributed by atoms with Crippen LogP contribution in [0.4, 0.5) is 14.6 Å². The van der Waals surface area contributed by atoms with Crippen molar-refractivity contribution in [3.05, 3.63) is 52.7 Å². The Morgan fingerprint density at radius 3 is 2.69 bits per heavy atom. The van der Waals surface area contributed by atoms with Crippen molar-refractivity contribution in [3.8, 4) is 17.1 Å². The summed E-state index contributed by atoms with van der Waals surface area (Å²) in [5.74, 6) is 0.0449. The van der Waals surface area contributed by atoms with Crippen molar-refractivity contribution in [1.29, 1.82) is 0 Å². The van der Waals surface area contributed by atoms with Crippen molar-refractivity contribution < 1.29 is 13.5 Å². The van der Waals surface area contributed by atoms with Crippen molar-refractivity contribution in [2.75, 3.05) is 37.7 Å². The molecule has 1 N–H and O–H groups in total. The Bertz CT molecular complexity index is 1630. The van der Waals surface area contributed by atoms with Crippen LogP contribution < -0.4 is 9.64 Å². The van der Waals surface area contributed by atoms with Gasteiger partial charge in [-0.05, 0) is 82.0 Å². The van der Waals surface area contributed by atoms with Crippen LogP contribution in [0.5, 0.6) is 6.01 Å². The average Bonchev–Trinajstić information content (AvgIpc) is 3.64. The van der Waals surface area contributed by atoms with Gasteiger partial charge in [0, 0.05) is 33.5 Å². The van der Waals surface area contributed by atoms with Gasteiger partial charge in [0.15, 0.2) is 0 Å². The maximum Gasteiger partial charge on any atom is 0.319 e. The van der Waals surface area contributed by atoms with Crippen LogP contribution in [0.1, 0.15) is 37.7 Å². The Morgan fingerprint density at radius 2 is 1.90 bits per heavy atom.